The molecule has 0 aromatic heterocycles. The summed E-state index contributed by atoms with van der Waals surface area (Å²) >= 11 is 0. The molecular weight excluding hydrogens is 196 g/mol. The van der Waals surface area contributed by atoms with Crippen molar-refractivity contribution in [3.05, 3.63) is 0 Å². The highest BCUT2D eigenvalue weighted by Gasteiger charge is 2.32. The van der Waals surface area contributed by atoms with Crippen molar-refractivity contribution in [1.29, 1.82) is 0 Å². The first-order valence-corrected chi connectivity index (χ1v) is 5.65. The smallest absolute Gasteiger partial charge is 0.0979 e. The third-order valence-corrected chi connectivity index (χ3v) is 3.14. The van der Waals surface area contributed by atoms with Crippen LogP contribution in [0.4, 0.5) is 0 Å². The average molecular weight is 216 g/mol. The number of hydrogen-bond donors (Lipinski definition) is 2. The molecule has 0 aliphatic carbocycles. The molecule has 0 aromatic rings. The van der Waals surface area contributed by atoms with Crippen molar-refractivity contribution in [1.82, 2.24) is 5.43 Å². The highest BCUT2D eigenvalue weighted by atomic mass is 16.6. The van der Waals surface area contributed by atoms with Gasteiger partial charge >= 0.3 is 0 Å². The highest BCUT2D eigenvalue weighted by Crippen LogP contribution is 2.21. The van der Waals surface area contributed by atoms with E-state index in [1.807, 2.05) is 0 Å². The molecule has 0 spiro atoms. The molecule has 15 heavy (non-hydrogen) atoms. The van der Waals surface area contributed by atoms with Gasteiger partial charge in [-0.3, -0.25) is 11.3 Å². The van der Waals surface area contributed by atoms with Crippen LogP contribution in [0.25, 0.3) is 0 Å². The van der Waals surface area contributed by atoms with Gasteiger partial charge in [-0.05, 0) is 12.8 Å². The molecule has 88 valence electrons. The molecule has 3 unspecified atom stereocenters. The van der Waals surface area contributed by atoms with E-state index in [1.165, 1.54) is 0 Å². The summed E-state index contributed by atoms with van der Waals surface area (Å²) in [5.74, 6) is 6.03. The second-order valence-corrected chi connectivity index (χ2v) is 4.15. The summed E-state index contributed by atoms with van der Waals surface area (Å²) in [6.45, 7) is 3.63. The lowest BCUT2D eigenvalue weighted by molar-refractivity contribution is -0.116. The molecule has 3 N–H and O–H groups in total. The molecule has 2 rings (SSSR count). The predicted molar refractivity (Wildman–Crippen MR) is 55.2 cm³/mol. The van der Waals surface area contributed by atoms with E-state index in [2.05, 4.69) is 5.43 Å². The molecule has 0 bridgehead atoms. The molecular formula is C10H20N2O3. The molecule has 2 heterocycles. The van der Waals surface area contributed by atoms with Crippen LogP contribution in [-0.4, -0.2) is 45.2 Å². The minimum Gasteiger partial charge on any atom is -0.381 e. The number of ether oxygens (including phenoxy) is 3. The van der Waals surface area contributed by atoms with Crippen molar-refractivity contribution in [2.24, 2.45) is 11.8 Å². The van der Waals surface area contributed by atoms with Crippen LogP contribution in [0.5, 0.6) is 0 Å². The summed E-state index contributed by atoms with van der Waals surface area (Å²) in [6, 6.07) is 0.144. The Morgan fingerprint density at radius 1 is 1.13 bits per heavy atom. The minimum absolute atomic E-state index is 0.0652. The number of nitrogens with two attached hydrogens (primary N) is 1. The van der Waals surface area contributed by atoms with Gasteiger partial charge in [0, 0.05) is 12.5 Å². The SMILES string of the molecule is NNC(C1CCCOC1)C1COCCO1. The van der Waals surface area contributed by atoms with E-state index in [0.29, 0.717) is 25.7 Å². The summed E-state index contributed by atoms with van der Waals surface area (Å²) in [4.78, 5) is 0. The Kier molecular flexibility index (Phi) is 4.34. The Balaban J connectivity index is 1.88. The topological polar surface area (TPSA) is 65.7 Å². The van der Waals surface area contributed by atoms with Gasteiger partial charge < -0.3 is 14.2 Å². The van der Waals surface area contributed by atoms with E-state index in [-0.39, 0.29) is 12.1 Å². The Bertz CT molecular complexity index is 162. The zero-order chi connectivity index (χ0) is 10.5. The molecule has 2 aliphatic rings. The fraction of sp³-hybridized carbons (Fsp3) is 1.00. The molecule has 0 saturated carbocycles. The van der Waals surface area contributed by atoms with E-state index in [9.17, 15) is 0 Å². The maximum atomic E-state index is 5.66. The summed E-state index contributed by atoms with van der Waals surface area (Å²) in [5, 5.41) is 0. The summed E-state index contributed by atoms with van der Waals surface area (Å²) in [5.41, 5.74) is 2.86. The number of hydrazine groups is 1. The number of nitrogens with one attached hydrogen (secondary N) is 1. The van der Waals surface area contributed by atoms with E-state index < -0.39 is 0 Å². The zero-order valence-electron chi connectivity index (χ0n) is 8.98. The Morgan fingerprint density at radius 3 is 2.60 bits per heavy atom. The normalized spacial score (nSPS) is 35.0. The van der Waals surface area contributed by atoms with E-state index in [4.69, 9.17) is 20.1 Å². The lowest BCUT2D eigenvalue weighted by Crippen LogP contribution is -2.54. The number of hydrogen-bond acceptors (Lipinski definition) is 5. The average Bonchev–Trinajstić information content (AvgIpc) is 2.33. The van der Waals surface area contributed by atoms with E-state index >= 15 is 0 Å². The molecule has 2 aliphatic heterocycles. The Labute approximate surface area is 90.2 Å². The fourth-order valence-corrected chi connectivity index (χ4v) is 2.31. The quantitative estimate of drug-likeness (QED) is 0.499. The first kappa shape index (κ1) is 11.3. The maximum absolute atomic E-state index is 5.66. The van der Waals surface area contributed by atoms with Crippen LogP contribution in [0.3, 0.4) is 0 Å². The molecule has 0 aromatic carbocycles. The van der Waals surface area contributed by atoms with Crippen LogP contribution in [0, 0.1) is 5.92 Å². The van der Waals surface area contributed by atoms with Crippen LogP contribution in [-0.2, 0) is 14.2 Å². The van der Waals surface area contributed by atoms with Gasteiger partial charge in [0.25, 0.3) is 0 Å². The maximum Gasteiger partial charge on any atom is 0.0979 e. The van der Waals surface area contributed by atoms with Crippen LogP contribution in [0.2, 0.25) is 0 Å². The van der Waals surface area contributed by atoms with Gasteiger partial charge in [-0.25, -0.2) is 0 Å². The van der Waals surface area contributed by atoms with Crippen LogP contribution >= 0.6 is 0 Å². The molecule has 0 radical (unpaired) electrons. The van der Waals surface area contributed by atoms with Gasteiger partial charge in [-0.15, -0.1) is 0 Å². The van der Waals surface area contributed by atoms with Crippen LogP contribution in [0.1, 0.15) is 12.8 Å². The fourth-order valence-electron chi connectivity index (χ4n) is 2.31. The summed E-state index contributed by atoms with van der Waals surface area (Å²) in [6.07, 6.45) is 2.32. The van der Waals surface area contributed by atoms with Crippen molar-refractivity contribution in [3.63, 3.8) is 0 Å². The van der Waals surface area contributed by atoms with Crippen molar-refractivity contribution >= 4 is 0 Å². The molecule has 5 nitrogen and oxygen atoms in total. The lowest BCUT2D eigenvalue weighted by atomic mass is 9.90. The summed E-state index contributed by atoms with van der Waals surface area (Å²) < 4.78 is 16.5. The third kappa shape index (κ3) is 2.89. The van der Waals surface area contributed by atoms with Crippen molar-refractivity contribution in [2.75, 3.05) is 33.0 Å². The van der Waals surface area contributed by atoms with Gasteiger partial charge in [0.1, 0.15) is 0 Å². The molecule has 2 fully saturated rings. The van der Waals surface area contributed by atoms with Gasteiger partial charge in [0.05, 0.1) is 38.6 Å². The highest BCUT2D eigenvalue weighted by molar-refractivity contribution is 4.85. The minimum atomic E-state index is 0.0652. The van der Waals surface area contributed by atoms with Crippen molar-refractivity contribution < 1.29 is 14.2 Å². The first-order chi connectivity index (χ1) is 7.42. The Morgan fingerprint density at radius 2 is 2.00 bits per heavy atom. The van der Waals surface area contributed by atoms with Crippen molar-refractivity contribution in [2.45, 2.75) is 25.0 Å². The largest absolute Gasteiger partial charge is 0.381 e. The van der Waals surface area contributed by atoms with Crippen molar-refractivity contribution in [3.8, 4) is 0 Å². The monoisotopic (exact) mass is 216 g/mol. The number of rotatable bonds is 3. The standard InChI is InChI=1S/C10H20N2O3/c11-12-10(8-2-1-3-13-6-8)9-7-14-4-5-15-9/h8-10,12H,1-7,11H2. The Hall–Kier alpha value is -0.200. The van der Waals surface area contributed by atoms with E-state index in [0.717, 1.165) is 26.1 Å². The zero-order valence-corrected chi connectivity index (χ0v) is 8.98. The van der Waals surface area contributed by atoms with Gasteiger partial charge in [-0.1, -0.05) is 0 Å². The second kappa shape index (κ2) is 5.77. The lowest BCUT2D eigenvalue weighted by Gasteiger charge is -2.36. The molecule has 2 saturated heterocycles. The summed E-state index contributed by atoms with van der Waals surface area (Å²) in [7, 11) is 0. The van der Waals surface area contributed by atoms with Gasteiger partial charge in [0.15, 0.2) is 0 Å². The first-order valence-electron chi connectivity index (χ1n) is 5.65. The predicted octanol–water partition coefficient (Wildman–Crippen LogP) is -0.340. The van der Waals surface area contributed by atoms with Gasteiger partial charge in [0.2, 0.25) is 0 Å². The van der Waals surface area contributed by atoms with Gasteiger partial charge in [-0.2, -0.15) is 0 Å². The van der Waals surface area contributed by atoms with Crippen LogP contribution in [0.15, 0.2) is 0 Å². The van der Waals surface area contributed by atoms with E-state index in [1.54, 1.807) is 0 Å². The second-order valence-electron chi connectivity index (χ2n) is 4.15. The third-order valence-electron chi connectivity index (χ3n) is 3.14. The van der Waals surface area contributed by atoms with Crippen LogP contribution < -0.4 is 11.3 Å². The molecule has 3 atom stereocenters. The molecule has 0 amide bonds. The molecule has 5 heteroatoms.